The Balaban J connectivity index is 1.37. The van der Waals surface area contributed by atoms with Crippen molar-refractivity contribution in [2.24, 2.45) is 5.92 Å². The Morgan fingerprint density at radius 1 is 1.04 bits per heavy atom. The molecule has 3 aliphatic heterocycles. The summed E-state index contributed by atoms with van der Waals surface area (Å²) in [5.41, 5.74) is 1.23. The van der Waals surface area contributed by atoms with Gasteiger partial charge in [-0.15, -0.1) is 0 Å². The van der Waals surface area contributed by atoms with Gasteiger partial charge in [0.25, 0.3) is 0 Å². The molecule has 2 fully saturated rings. The molecule has 130 valence electrons. The zero-order valence-corrected chi connectivity index (χ0v) is 14.2. The zero-order valence-electron chi connectivity index (χ0n) is 14.2. The van der Waals surface area contributed by atoms with Gasteiger partial charge in [0.05, 0.1) is 5.92 Å². The molecule has 0 bridgehead atoms. The number of carbonyl (C=O) groups is 1. The van der Waals surface area contributed by atoms with Gasteiger partial charge >= 0.3 is 0 Å². The highest BCUT2D eigenvalue weighted by molar-refractivity contribution is 5.79. The van der Waals surface area contributed by atoms with Gasteiger partial charge in [0.1, 0.15) is 0 Å². The van der Waals surface area contributed by atoms with Gasteiger partial charge in [-0.2, -0.15) is 0 Å². The lowest BCUT2D eigenvalue weighted by molar-refractivity contribution is -0.138. The summed E-state index contributed by atoms with van der Waals surface area (Å²) in [5, 5.41) is 0. The van der Waals surface area contributed by atoms with E-state index in [1.807, 2.05) is 6.07 Å². The van der Waals surface area contributed by atoms with Crippen LogP contribution in [-0.4, -0.2) is 48.7 Å². The molecule has 3 aliphatic rings. The molecule has 0 unspecified atom stereocenters. The standard InChI is InChI=1S/C19H26N2O3/c22-19(21-9-2-1-3-10-21)16-5-4-8-20(13-16)12-15-6-7-17-18(11-15)24-14-23-17/h6-7,11,16H,1-5,8-10,12-14H2/t16-/m1/s1. The van der Waals surface area contributed by atoms with Crippen molar-refractivity contribution in [3.63, 3.8) is 0 Å². The molecule has 0 aliphatic carbocycles. The Morgan fingerprint density at radius 2 is 1.88 bits per heavy atom. The highest BCUT2D eigenvalue weighted by Gasteiger charge is 2.30. The molecule has 1 aromatic rings. The molecule has 5 nitrogen and oxygen atoms in total. The van der Waals surface area contributed by atoms with E-state index in [2.05, 4.69) is 21.9 Å². The predicted octanol–water partition coefficient (Wildman–Crippen LogP) is 2.64. The quantitative estimate of drug-likeness (QED) is 0.854. The van der Waals surface area contributed by atoms with E-state index in [4.69, 9.17) is 9.47 Å². The van der Waals surface area contributed by atoms with Crippen molar-refractivity contribution in [1.29, 1.82) is 0 Å². The molecule has 0 saturated carbocycles. The first-order valence-electron chi connectivity index (χ1n) is 9.19. The number of ether oxygens (including phenoxy) is 2. The molecule has 3 heterocycles. The molecule has 24 heavy (non-hydrogen) atoms. The second-order valence-electron chi connectivity index (χ2n) is 7.15. The van der Waals surface area contributed by atoms with E-state index >= 15 is 0 Å². The summed E-state index contributed by atoms with van der Waals surface area (Å²) in [6, 6.07) is 6.15. The van der Waals surface area contributed by atoms with Gasteiger partial charge in [-0.1, -0.05) is 6.07 Å². The summed E-state index contributed by atoms with van der Waals surface area (Å²) < 4.78 is 10.8. The minimum absolute atomic E-state index is 0.172. The Bertz CT molecular complexity index is 598. The molecule has 1 amide bonds. The summed E-state index contributed by atoms with van der Waals surface area (Å²) in [6.45, 7) is 5.05. The molecular weight excluding hydrogens is 304 g/mol. The van der Waals surface area contributed by atoms with Crippen LogP contribution in [0.3, 0.4) is 0 Å². The molecule has 0 radical (unpaired) electrons. The van der Waals surface area contributed by atoms with Crippen LogP contribution in [0.4, 0.5) is 0 Å². The van der Waals surface area contributed by atoms with E-state index in [0.717, 1.165) is 57.1 Å². The van der Waals surface area contributed by atoms with Gasteiger partial charge in [0, 0.05) is 26.2 Å². The summed E-state index contributed by atoms with van der Waals surface area (Å²) in [6.07, 6.45) is 5.74. The minimum atomic E-state index is 0.172. The Labute approximate surface area is 143 Å². The van der Waals surface area contributed by atoms with Crippen LogP contribution in [0.5, 0.6) is 11.5 Å². The van der Waals surface area contributed by atoms with Crippen molar-refractivity contribution in [2.45, 2.75) is 38.6 Å². The van der Waals surface area contributed by atoms with Crippen LogP contribution in [0.25, 0.3) is 0 Å². The van der Waals surface area contributed by atoms with E-state index < -0.39 is 0 Å². The Kier molecular flexibility index (Phi) is 4.60. The number of fused-ring (bicyclic) bond motifs is 1. The first kappa shape index (κ1) is 15.8. The number of nitrogens with zero attached hydrogens (tertiary/aromatic N) is 2. The van der Waals surface area contributed by atoms with Gasteiger partial charge in [-0.3, -0.25) is 9.69 Å². The molecule has 0 spiro atoms. The largest absolute Gasteiger partial charge is 0.454 e. The Morgan fingerprint density at radius 3 is 2.75 bits per heavy atom. The van der Waals surface area contributed by atoms with Crippen LogP contribution in [0, 0.1) is 5.92 Å². The van der Waals surface area contributed by atoms with E-state index in [9.17, 15) is 4.79 Å². The van der Waals surface area contributed by atoms with E-state index in [1.54, 1.807) is 0 Å². The van der Waals surface area contributed by atoms with Crippen LogP contribution in [0.15, 0.2) is 18.2 Å². The number of likely N-dealkylation sites (tertiary alicyclic amines) is 2. The maximum absolute atomic E-state index is 12.8. The van der Waals surface area contributed by atoms with Gasteiger partial charge in [-0.25, -0.2) is 0 Å². The fourth-order valence-corrected chi connectivity index (χ4v) is 4.07. The van der Waals surface area contributed by atoms with Gasteiger partial charge in [0.2, 0.25) is 12.7 Å². The SMILES string of the molecule is O=C([C@@H]1CCCN(Cc2ccc3c(c2)OCO3)C1)N1CCCCC1. The first-order valence-corrected chi connectivity index (χ1v) is 9.19. The number of hydrogen-bond acceptors (Lipinski definition) is 4. The number of amides is 1. The van der Waals surface area contributed by atoms with Crippen LogP contribution in [-0.2, 0) is 11.3 Å². The number of piperidine rings is 2. The van der Waals surface area contributed by atoms with Gasteiger partial charge < -0.3 is 14.4 Å². The summed E-state index contributed by atoms with van der Waals surface area (Å²) in [7, 11) is 0. The third-order valence-electron chi connectivity index (χ3n) is 5.37. The third kappa shape index (κ3) is 3.36. The molecule has 5 heteroatoms. The van der Waals surface area contributed by atoms with Crippen molar-refractivity contribution in [3.8, 4) is 11.5 Å². The van der Waals surface area contributed by atoms with Crippen molar-refractivity contribution >= 4 is 5.91 Å². The lowest BCUT2D eigenvalue weighted by atomic mass is 9.95. The second-order valence-corrected chi connectivity index (χ2v) is 7.15. The normalized spacial score (nSPS) is 24.2. The summed E-state index contributed by atoms with van der Waals surface area (Å²) in [4.78, 5) is 17.3. The van der Waals surface area contributed by atoms with Crippen molar-refractivity contribution in [2.75, 3.05) is 33.0 Å². The monoisotopic (exact) mass is 330 g/mol. The van der Waals surface area contributed by atoms with Crippen molar-refractivity contribution in [1.82, 2.24) is 9.80 Å². The lowest BCUT2D eigenvalue weighted by Crippen LogP contribution is -2.46. The topological polar surface area (TPSA) is 42.0 Å². The molecule has 4 rings (SSSR count). The van der Waals surface area contributed by atoms with E-state index in [-0.39, 0.29) is 5.92 Å². The minimum Gasteiger partial charge on any atom is -0.454 e. The van der Waals surface area contributed by atoms with E-state index in [0.29, 0.717) is 12.7 Å². The summed E-state index contributed by atoms with van der Waals surface area (Å²) >= 11 is 0. The Hall–Kier alpha value is -1.75. The van der Waals surface area contributed by atoms with Crippen LogP contribution in [0.1, 0.15) is 37.7 Å². The van der Waals surface area contributed by atoms with Gasteiger partial charge in [0.15, 0.2) is 11.5 Å². The second kappa shape index (κ2) is 7.01. The molecule has 0 N–H and O–H groups in total. The predicted molar refractivity (Wildman–Crippen MR) is 91.0 cm³/mol. The highest BCUT2D eigenvalue weighted by atomic mass is 16.7. The number of hydrogen-bond donors (Lipinski definition) is 0. The smallest absolute Gasteiger partial charge is 0.231 e. The van der Waals surface area contributed by atoms with Crippen molar-refractivity contribution in [3.05, 3.63) is 23.8 Å². The average molecular weight is 330 g/mol. The zero-order chi connectivity index (χ0) is 16.4. The summed E-state index contributed by atoms with van der Waals surface area (Å²) in [5.74, 6) is 2.22. The number of rotatable bonds is 3. The number of benzene rings is 1. The van der Waals surface area contributed by atoms with E-state index in [1.165, 1.54) is 24.8 Å². The molecule has 1 atom stereocenters. The van der Waals surface area contributed by atoms with Gasteiger partial charge in [-0.05, 0) is 56.3 Å². The maximum atomic E-state index is 12.8. The van der Waals surface area contributed by atoms with Crippen molar-refractivity contribution < 1.29 is 14.3 Å². The number of carbonyl (C=O) groups excluding carboxylic acids is 1. The molecular formula is C19H26N2O3. The fourth-order valence-electron chi connectivity index (χ4n) is 4.07. The first-order chi connectivity index (χ1) is 11.8. The lowest BCUT2D eigenvalue weighted by Gasteiger charge is -2.36. The molecule has 2 saturated heterocycles. The fraction of sp³-hybridized carbons (Fsp3) is 0.632. The molecule has 1 aromatic carbocycles. The maximum Gasteiger partial charge on any atom is 0.231 e. The molecule has 0 aromatic heterocycles. The average Bonchev–Trinajstić information content (AvgIpc) is 3.10. The highest BCUT2D eigenvalue weighted by Crippen LogP contribution is 2.33. The van der Waals surface area contributed by atoms with Crippen LogP contribution >= 0.6 is 0 Å². The van der Waals surface area contributed by atoms with Crippen LogP contribution in [0.2, 0.25) is 0 Å². The third-order valence-corrected chi connectivity index (χ3v) is 5.37. The van der Waals surface area contributed by atoms with Crippen LogP contribution < -0.4 is 9.47 Å².